The van der Waals surface area contributed by atoms with Crippen molar-refractivity contribution in [2.45, 2.75) is 166 Å². The Morgan fingerprint density at radius 1 is 0.945 bits per heavy atom. The molecule has 0 radical (unpaired) electrons. The second-order valence-corrected chi connectivity index (χ2v) is 20.5. The molecule has 2 heterocycles. The summed E-state index contributed by atoms with van der Waals surface area (Å²) in [6, 6.07) is 5.52. The fourth-order valence-corrected chi connectivity index (χ4v) is 14.7. The van der Waals surface area contributed by atoms with E-state index in [1.165, 1.54) is 6.42 Å². The molecule has 2 aliphatic heterocycles. The van der Waals surface area contributed by atoms with Crippen LogP contribution in [0.25, 0.3) is 0 Å². The molecule has 2 saturated heterocycles. The first kappa shape index (κ1) is 38.2. The molecule has 1 amide bonds. The van der Waals surface area contributed by atoms with Gasteiger partial charge in [-0.1, -0.05) is 46.5 Å². The van der Waals surface area contributed by atoms with E-state index >= 15 is 0 Å². The molecule has 0 aromatic heterocycles. The number of nitrogens with zero attached hydrogens (tertiary/aromatic N) is 1. The number of carbonyl (C=O) groups is 2. The summed E-state index contributed by atoms with van der Waals surface area (Å²) in [4.78, 5) is 30.2. The summed E-state index contributed by atoms with van der Waals surface area (Å²) in [6.45, 7) is 9.09. The third kappa shape index (κ3) is 5.48. The van der Waals surface area contributed by atoms with Gasteiger partial charge in [0.2, 0.25) is 5.91 Å². The van der Waals surface area contributed by atoms with Crippen molar-refractivity contribution in [2.75, 3.05) is 11.4 Å². The van der Waals surface area contributed by atoms with Crippen LogP contribution >= 0.6 is 0 Å². The zero-order valence-corrected chi connectivity index (χ0v) is 33.5. The lowest BCUT2D eigenvalue weighted by molar-refractivity contribution is -0.194. The fourth-order valence-electron chi connectivity index (χ4n) is 14.7. The molecule has 1 aromatic rings. The van der Waals surface area contributed by atoms with Crippen LogP contribution in [0.2, 0.25) is 0 Å². The quantitative estimate of drug-likeness (QED) is 0.191. The van der Waals surface area contributed by atoms with Crippen molar-refractivity contribution in [3.8, 4) is 5.75 Å². The molecule has 55 heavy (non-hydrogen) atoms. The molecule has 1 aromatic carbocycles. The molecular weight excluding hydrogens is 695 g/mol. The summed E-state index contributed by atoms with van der Waals surface area (Å²) in [5, 5.41) is 59.6. The molecule has 13 atom stereocenters. The topological polar surface area (TPSA) is 151 Å². The van der Waals surface area contributed by atoms with Crippen LogP contribution in [0.1, 0.15) is 130 Å². The Hall–Kier alpha value is -2.30. The average molecular weight is 760 g/mol. The van der Waals surface area contributed by atoms with Gasteiger partial charge in [0.1, 0.15) is 11.9 Å². The van der Waals surface area contributed by atoms with Crippen molar-refractivity contribution in [1.82, 2.24) is 0 Å². The van der Waals surface area contributed by atoms with Crippen LogP contribution in [-0.4, -0.2) is 79.4 Å². The number of rotatable bonds is 8. The largest absolute Gasteiger partial charge is 0.508 e. The smallest absolute Gasteiger partial charge is 0.233 e. The lowest BCUT2D eigenvalue weighted by Crippen LogP contribution is -2.66. The van der Waals surface area contributed by atoms with Crippen molar-refractivity contribution in [3.05, 3.63) is 35.4 Å². The first-order valence-electron chi connectivity index (χ1n) is 22.0. The molecule has 7 fully saturated rings. The average Bonchev–Trinajstić information content (AvgIpc) is 3.82. The van der Waals surface area contributed by atoms with Gasteiger partial charge < -0.3 is 35.2 Å². The van der Waals surface area contributed by atoms with Crippen LogP contribution in [-0.2, 0) is 20.7 Å². The van der Waals surface area contributed by atoms with Crippen LogP contribution in [0.4, 0.5) is 5.69 Å². The number of aryl methyl sites for hydroxylation is 1. The number of fused-ring (bicyclic) bond motifs is 3. The molecule has 6 aliphatic carbocycles. The molecule has 1 spiro atoms. The Balaban J connectivity index is 1.08. The van der Waals surface area contributed by atoms with Gasteiger partial charge in [-0.3, -0.25) is 9.59 Å². The zero-order chi connectivity index (χ0) is 38.9. The van der Waals surface area contributed by atoms with E-state index in [1.807, 2.05) is 17.9 Å². The SMILES string of the molecule is CC(C)[C@@H](C)[C@@H]1O[C@H]1[C@](C)(O)[C@H]1CC[C@@]2(O)C3=CC(=O)[C@@H]4[C@H]5CCC[C@@]4(C[C@H](O)[C@@H]5O)[C@H]3CC[C@]12CCc1cc(O)cc(N2CCC3(CCCCC3)C2=O)c1. The summed E-state index contributed by atoms with van der Waals surface area (Å²) in [5.74, 6) is -0.115. The van der Waals surface area contributed by atoms with E-state index in [1.54, 1.807) is 18.2 Å². The molecule has 0 unspecified atom stereocenters. The third-order valence-electron chi connectivity index (χ3n) is 17.8. The summed E-state index contributed by atoms with van der Waals surface area (Å²) in [6.07, 6.45) is 11.8. The maximum absolute atomic E-state index is 14.4. The number of hydrogen-bond donors (Lipinski definition) is 5. The molecule has 8 aliphatic rings. The number of anilines is 1. The fraction of sp³-hybridized carbons (Fsp3) is 0.783. The first-order valence-corrected chi connectivity index (χ1v) is 22.0. The number of hydrogen-bond acceptors (Lipinski definition) is 8. The highest BCUT2D eigenvalue weighted by Gasteiger charge is 2.73. The Kier molecular flexibility index (Phi) is 9.11. The predicted molar refractivity (Wildman–Crippen MR) is 208 cm³/mol. The molecule has 5 saturated carbocycles. The van der Waals surface area contributed by atoms with Gasteiger partial charge in [0.15, 0.2) is 5.78 Å². The Bertz CT molecular complexity index is 1750. The minimum atomic E-state index is -1.36. The number of amides is 1. The maximum Gasteiger partial charge on any atom is 0.233 e. The number of epoxide rings is 1. The highest BCUT2D eigenvalue weighted by molar-refractivity contribution is 6.00. The number of allylic oxidation sites excluding steroid dienone is 1. The number of aliphatic hydroxyl groups is 4. The third-order valence-corrected chi connectivity index (χ3v) is 17.8. The van der Waals surface area contributed by atoms with Crippen molar-refractivity contribution in [2.24, 2.45) is 51.8 Å². The Morgan fingerprint density at radius 3 is 2.45 bits per heavy atom. The van der Waals surface area contributed by atoms with E-state index in [0.29, 0.717) is 51.0 Å². The van der Waals surface area contributed by atoms with Gasteiger partial charge in [-0.25, -0.2) is 0 Å². The predicted octanol–water partition coefficient (Wildman–Crippen LogP) is 6.40. The second-order valence-electron chi connectivity index (χ2n) is 20.5. The molecule has 5 N–H and O–H groups in total. The van der Waals surface area contributed by atoms with Crippen molar-refractivity contribution >= 4 is 17.4 Å². The Morgan fingerprint density at radius 2 is 1.71 bits per heavy atom. The standard InChI is InChI=1S/C46H65NO8/c1-26(2)27(3)39-40(55-39)42(4,53)36-12-18-46(54)33-24-34(49)37-31-9-8-15-44(37,25-35(50)38(31)51)32(33)11-17-45(36,46)16-10-28-21-29(23-30(48)22-28)47-20-19-43(41(47)52)13-6-5-7-14-43/h21-24,26-27,31-32,35-40,48,50-51,53-54H,5-20,25H2,1-4H3/t27-,31-,32+,35+,36-,37+,38-,39+,40-,42-,44-,45-,46-/m1/s1. The molecule has 9 nitrogen and oxygen atoms in total. The van der Waals surface area contributed by atoms with Gasteiger partial charge in [-0.15, -0.1) is 0 Å². The van der Waals surface area contributed by atoms with Crippen LogP contribution in [0, 0.1) is 51.8 Å². The molecular formula is C46H65NO8. The van der Waals surface area contributed by atoms with Gasteiger partial charge in [0.05, 0.1) is 34.9 Å². The van der Waals surface area contributed by atoms with Gasteiger partial charge in [0, 0.05) is 29.6 Å². The van der Waals surface area contributed by atoms with Crippen molar-refractivity contribution in [1.29, 1.82) is 0 Å². The summed E-state index contributed by atoms with van der Waals surface area (Å²) in [5.41, 5.74) is -1.78. The van der Waals surface area contributed by atoms with Crippen LogP contribution < -0.4 is 4.90 Å². The molecule has 2 bridgehead atoms. The lowest BCUT2D eigenvalue weighted by atomic mass is 9.40. The number of phenols is 1. The highest BCUT2D eigenvalue weighted by atomic mass is 16.6. The van der Waals surface area contributed by atoms with Crippen LogP contribution in [0.15, 0.2) is 29.8 Å². The number of ketones is 1. The number of ether oxygens (including phenoxy) is 1. The van der Waals surface area contributed by atoms with Crippen LogP contribution in [0.3, 0.4) is 0 Å². The lowest BCUT2D eigenvalue weighted by Gasteiger charge is -2.65. The van der Waals surface area contributed by atoms with Gasteiger partial charge in [-0.2, -0.15) is 0 Å². The number of aliphatic hydroxyl groups excluding tert-OH is 2. The number of carbonyl (C=O) groups excluding carboxylic acids is 2. The minimum absolute atomic E-state index is 0.0266. The Labute approximate surface area is 326 Å². The van der Waals surface area contributed by atoms with Crippen molar-refractivity contribution < 1.29 is 39.9 Å². The van der Waals surface area contributed by atoms with Gasteiger partial charge in [0.25, 0.3) is 0 Å². The first-order chi connectivity index (χ1) is 26.1. The number of phenolic OH excluding ortho intramolecular Hbond substituents is 1. The summed E-state index contributed by atoms with van der Waals surface area (Å²) >= 11 is 0. The zero-order valence-electron chi connectivity index (χ0n) is 33.5. The van der Waals surface area contributed by atoms with Crippen molar-refractivity contribution in [3.63, 3.8) is 0 Å². The van der Waals surface area contributed by atoms with E-state index in [9.17, 15) is 35.1 Å². The van der Waals surface area contributed by atoms with Gasteiger partial charge in [-0.05, 0) is 148 Å². The second kappa shape index (κ2) is 13.1. The number of benzene rings is 1. The normalized spacial score (nSPS) is 43.4. The van der Waals surface area contributed by atoms with E-state index in [2.05, 4.69) is 20.8 Å². The summed E-state index contributed by atoms with van der Waals surface area (Å²) < 4.78 is 6.33. The van der Waals surface area contributed by atoms with E-state index in [0.717, 1.165) is 74.6 Å². The van der Waals surface area contributed by atoms with E-state index in [4.69, 9.17) is 4.74 Å². The van der Waals surface area contributed by atoms with Crippen LogP contribution in [0.5, 0.6) is 5.75 Å². The molecule has 9 rings (SSSR count). The monoisotopic (exact) mass is 759 g/mol. The minimum Gasteiger partial charge on any atom is -0.508 e. The summed E-state index contributed by atoms with van der Waals surface area (Å²) in [7, 11) is 0. The molecule has 9 heteroatoms. The van der Waals surface area contributed by atoms with E-state index in [-0.39, 0.29) is 64.7 Å². The molecule has 302 valence electrons. The van der Waals surface area contributed by atoms with Gasteiger partial charge >= 0.3 is 0 Å². The highest BCUT2D eigenvalue weighted by Crippen LogP contribution is 2.72. The maximum atomic E-state index is 14.4. The van der Waals surface area contributed by atoms with E-state index < -0.39 is 34.2 Å². The number of aromatic hydroxyl groups is 1.